The first-order valence-corrected chi connectivity index (χ1v) is 6.07. The minimum absolute atomic E-state index is 0.602. The molecule has 0 aliphatic rings. The standard InChI is InChI=1S/C13H23N3O/c1-11-5-6-13(12(15-11)7-8-14)17-10-4-9-16(2)3/h5-6H,4,7-10,14H2,1-3H3. The highest BCUT2D eigenvalue weighted by atomic mass is 16.5. The van der Waals surface area contributed by atoms with E-state index in [9.17, 15) is 0 Å². The SMILES string of the molecule is Cc1ccc(OCCCN(C)C)c(CCN)n1. The fraction of sp³-hybridized carbons (Fsp3) is 0.615. The molecule has 0 amide bonds. The lowest BCUT2D eigenvalue weighted by molar-refractivity contribution is 0.278. The molecule has 2 N–H and O–H groups in total. The van der Waals surface area contributed by atoms with E-state index in [2.05, 4.69) is 24.0 Å². The summed E-state index contributed by atoms with van der Waals surface area (Å²) in [5.41, 5.74) is 7.55. The summed E-state index contributed by atoms with van der Waals surface area (Å²) in [4.78, 5) is 6.61. The second kappa shape index (κ2) is 7.25. The van der Waals surface area contributed by atoms with Gasteiger partial charge in [0.25, 0.3) is 0 Å². The Morgan fingerprint density at radius 3 is 2.76 bits per heavy atom. The number of aromatic nitrogens is 1. The fourth-order valence-electron chi connectivity index (χ4n) is 1.61. The van der Waals surface area contributed by atoms with E-state index in [1.54, 1.807) is 0 Å². The summed E-state index contributed by atoms with van der Waals surface area (Å²) in [6.45, 7) is 4.34. The van der Waals surface area contributed by atoms with Gasteiger partial charge in [-0.1, -0.05) is 0 Å². The van der Waals surface area contributed by atoms with Crippen molar-refractivity contribution in [2.24, 2.45) is 5.73 Å². The summed E-state index contributed by atoms with van der Waals surface area (Å²) in [6.07, 6.45) is 1.79. The Bertz CT molecular complexity index is 339. The van der Waals surface area contributed by atoms with Crippen molar-refractivity contribution < 1.29 is 4.74 Å². The third kappa shape index (κ3) is 5.15. The quantitative estimate of drug-likeness (QED) is 0.725. The van der Waals surface area contributed by atoms with Crippen LogP contribution in [0.4, 0.5) is 0 Å². The van der Waals surface area contributed by atoms with Gasteiger partial charge in [-0.05, 0) is 46.1 Å². The van der Waals surface area contributed by atoms with Gasteiger partial charge >= 0.3 is 0 Å². The monoisotopic (exact) mass is 237 g/mol. The fourth-order valence-corrected chi connectivity index (χ4v) is 1.61. The maximum absolute atomic E-state index is 5.75. The molecule has 1 aromatic rings. The van der Waals surface area contributed by atoms with E-state index < -0.39 is 0 Å². The van der Waals surface area contributed by atoms with Gasteiger partial charge in [0.2, 0.25) is 0 Å². The van der Waals surface area contributed by atoms with Crippen LogP contribution in [0.3, 0.4) is 0 Å². The van der Waals surface area contributed by atoms with E-state index in [0.717, 1.165) is 43.1 Å². The summed E-state index contributed by atoms with van der Waals surface area (Å²) in [5.74, 6) is 0.875. The minimum atomic E-state index is 0.602. The molecule has 17 heavy (non-hydrogen) atoms. The Labute approximate surface area is 104 Å². The van der Waals surface area contributed by atoms with Gasteiger partial charge in [-0.2, -0.15) is 0 Å². The van der Waals surface area contributed by atoms with Crippen LogP contribution in [0.5, 0.6) is 5.75 Å². The predicted molar refractivity (Wildman–Crippen MR) is 70.4 cm³/mol. The van der Waals surface area contributed by atoms with Crippen LogP contribution < -0.4 is 10.5 Å². The maximum atomic E-state index is 5.75. The largest absolute Gasteiger partial charge is 0.492 e. The predicted octanol–water partition coefficient (Wildman–Crippen LogP) is 1.22. The molecule has 0 radical (unpaired) electrons. The van der Waals surface area contributed by atoms with Crippen molar-refractivity contribution in [3.05, 3.63) is 23.5 Å². The normalized spacial score (nSPS) is 10.9. The average molecular weight is 237 g/mol. The number of hydrogen-bond donors (Lipinski definition) is 1. The molecule has 1 rings (SSSR count). The molecule has 0 spiro atoms. The van der Waals surface area contributed by atoms with Crippen LogP contribution in [0.15, 0.2) is 12.1 Å². The van der Waals surface area contributed by atoms with Crippen molar-refractivity contribution in [1.29, 1.82) is 0 Å². The number of nitrogens with two attached hydrogens (primary N) is 1. The molecule has 4 nitrogen and oxygen atoms in total. The molecule has 0 aromatic carbocycles. The van der Waals surface area contributed by atoms with Crippen LogP contribution in [0, 0.1) is 6.92 Å². The van der Waals surface area contributed by atoms with Gasteiger partial charge in [0, 0.05) is 18.7 Å². The first kappa shape index (κ1) is 13.9. The molecule has 0 bridgehead atoms. The topological polar surface area (TPSA) is 51.4 Å². The van der Waals surface area contributed by atoms with Crippen molar-refractivity contribution >= 4 is 0 Å². The molecule has 0 atom stereocenters. The number of pyridine rings is 1. The van der Waals surface area contributed by atoms with Crippen molar-refractivity contribution in [1.82, 2.24) is 9.88 Å². The van der Waals surface area contributed by atoms with E-state index in [0.29, 0.717) is 6.54 Å². The number of hydrogen-bond acceptors (Lipinski definition) is 4. The Balaban J connectivity index is 2.51. The molecule has 1 heterocycles. The number of nitrogens with zero attached hydrogens (tertiary/aromatic N) is 2. The molecule has 1 aromatic heterocycles. The Kier molecular flexibility index (Phi) is 5.94. The van der Waals surface area contributed by atoms with Crippen LogP contribution in [-0.4, -0.2) is 43.7 Å². The first-order valence-electron chi connectivity index (χ1n) is 6.07. The second-order valence-electron chi connectivity index (χ2n) is 4.44. The molecule has 0 saturated heterocycles. The minimum Gasteiger partial charge on any atom is -0.492 e. The van der Waals surface area contributed by atoms with E-state index >= 15 is 0 Å². The van der Waals surface area contributed by atoms with Crippen molar-refractivity contribution in [3.63, 3.8) is 0 Å². The smallest absolute Gasteiger partial charge is 0.140 e. The van der Waals surface area contributed by atoms with E-state index in [4.69, 9.17) is 10.5 Å². The Morgan fingerprint density at radius 1 is 1.35 bits per heavy atom. The highest BCUT2D eigenvalue weighted by Crippen LogP contribution is 2.17. The van der Waals surface area contributed by atoms with E-state index in [1.807, 2.05) is 19.1 Å². The van der Waals surface area contributed by atoms with Gasteiger partial charge in [-0.15, -0.1) is 0 Å². The molecule has 0 saturated carbocycles. The molecular weight excluding hydrogens is 214 g/mol. The molecule has 96 valence electrons. The number of rotatable bonds is 7. The summed E-state index contributed by atoms with van der Waals surface area (Å²) in [6, 6.07) is 3.96. The van der Waals surface area contributed by atoms with Gasteiger partial charge in [0.05, 0.1) is 12.3 Å². The highest BCUT2D eigenvalue weighted by Gasteiger charge is 2.05. The van der Waals surface area contributed by atoms with Crippen LogP contribution in [0.25, 0.3) is 0 Å². The molecule has 0 fully saturated rings. The third-order valence-corrected chi connectivity index (χ3v) is 2.46. The van der Waals surface area contributed by atoms with Crippen LogP contribution in [0.2, 0.25) is 0 Å². The van der Waals surface area contributed by atoms with Gasteiger partial charge in [0.15, 0.2) is 0 Å². The van der Waals surface area contributed by atoms with E-state index in [1.165, 1.54) is 0 Å². The Morgan fingerprint density at radius 2 is 2.12 bits per heavy atom. The summed E-state index contributed by atoms with van der Waals surface area (Å²) >= 11 is 0. The lowest BCUT2D eigenvalue weighted by Gasteiger charge is -2.13. The molecule has 0 unspecified atom stereocenters. The van der Waals surface area contributed by atoms with Crippen molar-refractivity contribution in [2.45, 2.75) is 19.8 Å². The number of aryl methyl sites for hydroxylation is 1. The third-order valence-electron chi connectivity index (χ3n) is 2.46. The average Bonchev–Trinajstić information content (AvgIpc) is 2.27. The first-order chi connectivity index (χ1) is 8.13. The second-order valence-corrected chi connectivity index (χ2v) is 4.44. The highest BCUT2D eigenvalue weighted by molar-refractivity contribution is 5.29. The van der Waals surface area contributed by atoms with Gasteiger partial charge in [-0.25, -0.2) is 0 Å². The van der Waals surface area contributed by atoms with Gasteiger partial charge in [0.1, 0.15) is 5.75 Å². The maximum Gasteiger partial charge on any atom is 0.140 e. The molecule has 0 aliphatic heterocycles. The molecular formula is C13H23N3O. The summed E-state index contributed by atoms with van der Waals surface area (Å²) in [5, 5.41) is 0. The van der Waals surface area contributed by atoms with Gasteiger partial charge in [-0.3, -0.25) is 4.98 Å². The van der Waals surface area contributed by atoms with Crippen molar-refractivity contribution in [3.8, 4) is 5.75 Å². The molecule has 0 aliphatic carbocycles. The lowest BCUT2D eigenvalue weighted by Crippen LogP contribution is -2.16. The summed E-state index contributed by atoms with van der Waals surface area (Å²) < 4.78 is 5.75. The van der Waals surface area contributed by atoms with Crippen LogP contribution in [0.1, 0.15) is 17.8 Å². The zero-order chi connectivity index (χ0) is 12.7. The zero-order valence-electron chi connectivity index (χ0n) is 11.1. The summed E-state index contributed by atoms with van der Waals surface area (Å²) in [7, 11) is 4.13. The van der Waals surface area contributed by atoms with Crippen LogP contribution >= 0.6 is 0 Å². The van der Waals surface area contributed by atoms with Crippen LogP contribution in [-0.2, 0) is 6.42 Å². The lowest BCUT2D eigenvalue weighted by atomic mass is 10.2. The molecule has 4 heteroatoms. The zero-order valence-corrected chi connectivity index (χ0v) is 11.1. The van der Waals surface area contributed by atoms with E-state index in [-0.39, 0.29) is 0 Å². The van der Waals surface area contributed by atoms with Gasteiger partial charge < -0.3 is 15.4 Å². The van der Waals surface area contributed by atoms with Crippen molar-refractivity contribution in [2.75, 3.05) is 33.8 Å². The number of ether oxygens (including phenoxy) is 1. The Hall–Kier alpha value is -1.13.